The second-order valence-corrected chi connectivity index (χ2v) is 5.35. The summed E-state index contributed by atoms with van der Waals surface area (Å²) in [5, 5.41) is 8.67. The van der Waals surface area contributed by atoms with Crippen molar-refractivity contribution in [2.75, 3.05) is 32.7 Å². The molecule has 114 valence electrons. The second kappa shape index (κ2) is 7.78. The molecule has 0 aliphatic carbocycles. The van der Waals surface area contributed by atoms with Gasteiger partial charge in [-0.2, -0.15) is 0 Å². The molecule has 21 heavy (non-hydrogen) atoms. The zero-order valence-electron chi connectivity index (χ0n) is 12.2. The highest BCUT2D eigenvalue weighted by atomic mass is 16.4. The molecule has 0 aromatic heterocycles. The van der Waals surface area contributed by atoms with Crippen LogP contribution in [0.25, 0.3) is 0 Å². The minimum Gasteiger partial charge on any atom is -0.481 e. The summed E-state index contributed by atoms with van der Waals surface area (Å²) in [5.41, 5.74) is 0.733. The molecule has 1 aliphatic rings. The Labute approximate surface area is 125 Å². The number of hydrogen-bond donors (Lipinski definition) is 1. The third kappa shape index (κ3) is 4.86. The first-order chi connectivity index (χ1) is 10.2. The van der Waals surface area contributed by atoms with Crippen LogP contribution in [0.1, 0.15) is 29.6 Å². The van der Waals surface area contributed by atoms with Crippen molar-refractivity contribution in [2.24, 2.45) is 0 Å². The van der Waals surface area contributed by atoms with E-state index in [1.807, 2.05) is 35.2 Å². The lowest BCUT2D eigenvalue weighted by Crippen LogP contribution is -2.35. The summed E-state index contributed by atoms with van der Waals surface area (Å²) < 4.78 is 0. The van der Waals surface area contributed by atoms with E-state index in [4.69, 9.17) is 5.11 Å². The van der Waals surface area contributed by atoms with Crippen LogP contribution in [0.5, 0.6) is 0 Å². The van der Waals surface area contributed by atoms with Crippen molar-refractivity contribution >= 4 is 11.9 Å². The van der Waals surface area contributed by atoms with Crippen LogP contribution in [0, 0.1) is 0 Å². The highest BCUT2D eigenvalue weighted by Crippen LogP contribution is 2.09. The molecule has 0 unspecified atom stereocenters. The number of carbonyl (C=O) groups excluding carboxylic acids is 1. The molecule has 1 heterocycles. The van der Waals surface area contributed by atoms with Crippen LogP contribution in [0.2, 0.25) is 0 Å². The lowest BCUT2D eigenvalue weighted by Gasteiger charge is -2.22. The molecule has 5 nitrogen and oxygen atoms in total. The van der Waals surface area contributed by atoms with Gasteiger partial charge in [0, 0.05) is 31.6 Å². The summed E-state index contributed by atoms with van der Waals surface area (Å²) in [7, 11) is 0. The van der Waals surface area contributed by atoms with Gasteiger partial charge < -0.3 is 14.9 Å². The number of nitrogens with zero attached hydrogens (tertiary/aromatic N) is 2. The number of aliphatic carboxylic acids is 1. The van der Waals surface area contributed by atoms with E-state index in [0.29, 0.717) is 13.0 Å². The Morgan fingerprint density at radius 3 is 2.52 bits per heavy atom. The average molecular weight is 290 g/mol. The average Bonchev–Trinajstić information content (AvgIpc) is 2.73. The van der Waals surface area contributed by atoms with Gasteiger partial charge in [-0.25, -0.2) is 0 Å². The summed E-state index contributed by atoms with van der Waals surface area (Å²) in [6, 6.07) is 9.35. The van der Waals surface area contributed by atoms with E-state index in [0.717, 1.165) is 38.2 Å². The first kappa shape index (κ1) is 15.5. The number of carboxylic acid groups (broad SMARTS) is 1. The van der Waals surface area contributed by atoms with Gasteiger partial charge in [0.2, 0.25) is 0 Å². The molecule has 5 heteroatoms. The highest BCUT2D eigenvalue weighted by Gasteiger charge is 2.19. The molecule has 1 aliphatic heterocycles. The van der Waals surface area contributed by atoms with Crippen molar-refractivity contribution in [3.8, 4) is 0 Å². The van der Waals surface area contributed by atoms with Crippen molar-refractivity contribution < 1.29 is 14.7 Å². The lowest BCUT2D eigenvalue weighted by atomic mass is 10.2. The Morgan fingerprint density at radius 2 is 1.81 bits per heavy atom. The summed E-state index contributed by atoms with van der Waals surface area (Å²) in [4.78, 5) is 27.1. The fourth-order valence-corrected chi connectivity index (χ4v) is 2.61. The van der Waals surface area contributed by atoms with E-state index in [-0.39, 0.29) is 12.3 Å². The van der Waals surface area contributed by atoms with Gasteiger partial charge in [-0.05, 0) is 38.1 Å². The van der Waals surface area contributed by atoms with Crippen LogP contribution in [0.3, 0.4) is 0 Å². The van der Waals surface area contributed by atoms with Crippen LogP contribution >= 0.6 is 0 Å². The van der Waals surface area contributed by atoms with E-state index in [2.05, 4.69) is 4.90 Å². The third-order valence-electron chi connectivity index (χ3n) is 3.76. The SMILES string of the molecule is O=C(O)CCCN1CCCN(C(=O)c2ccccc2)CC1. The Balaban J connectivity index is 1.83. The Kier molecular flexibility index (Phi) is 5.75. The zero-order chi connectivity index (χ0) is 15.1. The Morgan fingerprint density at radius 1 is 1.05 bits per heavy atom. The Hall–Kier alpha value is -1.88. The number of amides is 1. The molecule has 1 amide bonds. The van der Waals surface area contributed by atoms with Gasteiger partial charge >= 0.3 is 5.97 Å². The third-order valence-corrected chi connectivity index (χ3v) is 3.76. The molecule has 1 saturated heterocycles. The van der Waals surface area contributed by atoms with Gasteiger partial charge in [0.05, 0.1) is 0 Å². The van der Waals surface area contributed by atoms with Crippen LogP contribution < -0.4 is 0 Å². The molecule has 0 atom stereocenters. The van der Waals surface area contributed by atoms with Gasteiger partial charge in [-0.3, -0.25) is 9.59 Å². The molecule has 2 rings (SSSR count). The second-order valence-electron chi connectivity index (χ2n) is 5.35. The maximum atomic E-state index is 12.4. The summed E-state index contributed by atoms with van der Waals surface area (Å²) in [6.45, 7) is 4.01. The molecule has 0 bridgehead atoms. The molecule has 0 radical (unpaired) electrons. The van der Waals surface area contributed by atoms with Gasteiger partial charge in [0.1, 0.15) is 0 Å². The number of benzene rings is 1. The molecule has 1 fully saturated rings. The largest absolute Gasteiger partial charge is 0.481 e. The first-order valence-electron chi connectivity index (χ1n) is 7.45. The first-order valence-corrected chi connectivity index (χ1v) is 7.45. The van der Waals surface area contributed by atoms with Crippen LogP contribution in [-0.4, -0.2) is 59.5 Å². The van der Waals surface area contributed by atoms with E-state index < -0.39 is 5.97 Å². The minimum absolute atomic E-state index is 0.0861. The fraction of sp³-hybridized carbons (Fsp3) is 0.500. The molecule has 0 spiro atoms. The minimum atomic E-state index is -0.745. The number of hydrogen-bond acceptors (Lipinski definition) is 3. The van der Waals surface area contributed by atoms with Crippen molar-refractivity contribution in [3.63, 3.8) is 0 Å². The van der Waals surface area contributed by atoms with E-state index in [9.17, 15) is 9.59 Å². The molecular weight excluding hydrogens is 268 g/mol. The van der Waals surface area contributed by atoms with Gasteiger partial charge in [0.25, 0.3) is 5.91 Å². The lowest BCUT2D eigenvalue weighted by molar-refractivity contribution is -0.137. The topological polar surface area (TPSA) is 60.9 Å². The van der Waals surface area contributed by atoms with Gasteiger partial charge in [-0.15, -0.1) is 0 Å². The van der Waals surface area contributed by atoms with Crippen molar-refractivity contribution in [1.82, 2.24) is 9.80 Å². The van der Waals surface area contributed by atoms with Crippen LogP contribution in [0.15, 0.2) is 30.3 Å². The zero-order valence-corrected chi connectivity index (χ0v) is 12.2. The predicted molar refractivity (Wildman–Crippen MR) is 80.3 cm³/mol. The quantitative estimate of drug-likeness (QED) is 0.896. The standard InChI is InChI=1S/C16H22N2O3/c19-15(20)8-4-9-17-10-5-11-18(13-12-17)16(21)14-6-2-1-3-7-14/h1-3,6-7H,4-5,8-13H2,(H,19,20). The molecular formula is C16H22N2O3. The van der Waals surface area contributed by atoms with Gasteiger partial charge in [0.15, 0.2) is 0 Å². The maximum Gasteiger partial charge on any atom is 0.303 e. The summed E-state index contributed by atoms with van der Waals surface area (Å²) in [5.74, 6) is -0.659. The number of carboxylic acids is 1. The van der Waals surface area contributed by atoms with E-state index >= 15 is 0 Å². The van der Waals surface area contributed by atoms with Crippen molar-refractivity contribution in [1.29, 1.82) is 0 Å². The molecule has 1 N–H and O–H groups in total. The maximum absolute atomic E-state index is 12.4. The van der Waals surface area contributed by atoms with Crippen LogP contribution in [-0.2, 0) is 4.79 Å². The Bertz CT molecular complexity index is 476. The highest BCUT2D eigenvalue weighted by molar-refractivity contribution is 5.94. The predicted octanol–water partition coefficient (Wildman–Crippen LogP) is 1.70. The van der Waals surface area contributed by atoms with E-state index in [1.165, 1.54) is 0 Å². The molecule has 1 aromatic carbocycles. The molecule has 1 aromatic rings. The fourth-order valence-electron chi connectivity index (χ4n) is 2.61. The van der Waals surface area contributed by atoms with Crippen molar-refractivity contribution in [2.45, 2.75) is 19.3 Å². The molecule has 0 saturated carbocycles. The van der Waals surface area contributed by atoms with Crippen LogP contribution in [0.4, 0.5) is 0 Å². The van der Waals surface area contributed by atoms with Gasteiger partial charge in [-0.1, -0.05) is 18.2 Å². The summed E-state index contributed by atoms with van der Waals surface area (Å²) in [6.07, 6.45) is 1.82. The monoisotopic (exact) mass is 290 g/mol. The number of carbonyl (C=O) groups is 2. The number of rotatable bonds is 5. The summed E-state index contributed by atoms with van der Waals surface area (Å²) >= 11 is 0. The smallest absolute Gasteiger partial charge is 0.303 e. The van der Waals surface area contributed by atoms with Crippen molar-refractivity contribution in [3.05, 3.63) is 35.9 Å². The van der Waals surface area contributed by atoms with E-state index in [1.54, 1.807) is 0 Å². The normalized spacial score (nSPS) is 16.5.